The second-order valence-electron chi connectivity index (χ2n) is 3.41. The van der Waals surface area contributed by atoms with Gasteiger partial charge >= 0.3 is 5.97 Å². The summed E-state index contributed by atoms with van der Waals surface area (Å²) in [6.07, 6.45) is -2.02. The summed E-state index contributed by atoms with van der Waals surface area (Å²) in [5.41, 5.74) is -0.458. The summed E-state index contributed by atoms with van der Waals surface area (Å²) in [6, 6.07) is 0. The fourth-order valence-electron chi connectivity index (χ4n) is 1.40. The van der Waals surface area contributed by atoms with Gasteiger partial charge in [0.2, 0.25) is 0 Å². The van der Waals surface area contributed by atoms with Crippen LogP contribution in [-0.4, -0.2) is 22.7 Å². The SMILES string of the molecule is CCOC(=O)Cc1cnc(C)c(O)c1C(F)F. The molecule has 1 heterocycles. The Labute approximate surface area is 97.2 Å². The quantitative estimate of drug-likeness (QED) is 0.825. The summed E-state index contributed by atoms with van der Waals surface area (Å²) in [4.78, 5) is 15.0. The van der Waals surface area contributed by atoms with Gasteiger partial charge in [-0.1, -0.05) is 0 Å². The van der Waals surface area contributed by atoms with Crippen LogP contribution in [0.1, 0.15) is 30.2 Å². The smallest absolute Gasteiger partial charge is 0.310 e. The third-order valence-corrected chi connectivity index (χ3v) is 2.22. The largest absolute Gasteiger partial charge is 0.506 e. The zero-order valence-corrected chi connectivity index (χ0v) is 9.54. The van der Waals surface area contributed by atoms with Gasteiger partial charge in [0.15, 0.2) is 0 Å². The van der Waals surface area contributed by atoms with Crippen molar-refractivity contribution in [1.82, 2.24) is 4.98 Å². The van der Waals surface area contributed by atoms with E-state index in [9.17, 15) is 18.7 Å². The molecule has 0 atom stereocenters. The molecule has 6 heteroatoms. The molecule has 0 fully saturated rings. The van der Waals surface area contributed by atoms with Crippen molar-refractivity contribution >= 4 is 5.97 Å². The van der Waals surface area contributed by atoms with Crippen LogP contribution >= 0.6 is 0 Å². The number of rotatable bonds is 4. The van der Waals surface area contributed by atoms with Gasteiger partial charge < -0.3 is 9.84 Å². The first-order valence-corrected chi connectivity index (χ1v) is 5.08. The number of aromatic nitrogens is 1. The first-order valence-electron chi connectivity index (χ1n) is 5.08. The summed E-state index contributed by atoms with van der Waals surface area (Å²) in [6.45, 7) is 3.21. The highest BCUT2D eigenvalue weighted by atomic mass is 19.3. The highest BCUT2D eigenvalue weighted by Gasteiger charge is 2.22. The van der Waals surface area contributed by atoms with E-state index < -0.39 is 23.7 Å². The fraction of sp³-hybridized carbons (Fsp3) is 0.455. The number of esters is 1. The lowest BCUT2D eigenvalue weighted by Gasteiger charge is -2.11. The first kappa shape index (κ1) is 13.3. The van der Waals surface area contributed by atoms with Crippen LogP contribution in [0.4, 0.5) is 8.78 Å². The molecule has 0 aliphatic rings. The zero-order chi connectivity index (χ0) is 13.0. The molecular weight excluding hydrogens is 232 g/mol. The highest BCUT2D eigenvalue weighted by molar-refractivity contribution is 5.73. The summed E-state index contributed by atoms with van der Waals surface area (Å²) in [7, 11) is 0. The minimum atomic E-state index is -2.86. The van der Waals surface area contributed by atoms with Crippen molar-refractivity contribution in [3.05, 3.63) is 23.0 Å². The van der Waals surface area contributed by atoms with Gasteiger partial charge in [-0.25, -0.2) is 8.78 Å². The van der Waals surface area contributed by atoms with Crippen LogP contribution in [0.5, 0.6) is 5.75 Å². The van der Waals surface area contributed by atoms with E-state index in [2.05, 4.69) is 9.72 Å². The van der Waals surface area contributed by atoms with E-state index in [1.165, 1.54) is 6.92 Å². The number of halogens is 2. The predicted molar refractivity (Wildman–Crippen MR) is 55.9 cm³/mol. The van der Waals surface area contributed by atoms with Gasteiger partial charge in [0, 0.05) is 6.20 Å². The van der Waals surface area contributed by atoms with Crippen LogP contribution in [0.15, 0.2) is 6.20 Å². The van der Waals surface area contributed by atoms with Gasteiger partial charge in [-0.15, -0.1) is 0 Å². The molecule has 1 rings (SSSR count). The molecule has 17 heavy (non-hydrogen) atoms. The minimum absolute atomic E-state index is 0.0125. The molecule has 0 amide bonds. The van der Waals surface area contributed by atoms with Crippen molar-refractivity contribution in [2.45, 2.75) is 26.7 Å². The van der Waals surface area contributed by atoms with Crippen molar-refractivity contribution in [3.8, 4) is 5.75 Å². The summed E-state index contributed by atoms with van der Waals surface area (Å²) >= 11 is 0. The second-order valence-corrected chi connectivity index (χ2v) is 3.41. The average Bonchev–Trinajstić information content (AvgIpc) is 2.23. The van der Waals surface area contributed by atoms with Crippen LogP contribution in [-0.2, 0) is 16.0 Å². The number of alkyl halides is 2. The second kappa shape index (κ2) is 5.56. The zero-order valence-electron chi connectivity index (χ0n) is 9.54. The first-order chi connectivity index (χ1) is 7.97. The van der Waals surface area contributed by atoms with E-state index >= 15 is 0 Å². The molecule has 1 N–H and O–H groups in total. The molecule has 0 aliphatic heterocycles. The molecule has 0 aliphatic carbocycles. The standard InChI is InChI=1S/C11H13F2NO3/c1-3-17-8(15)4-7-5-14-6(2)10(16)9(7)11(12)13/h5,11,16H,3-4H2,1-2H3. The van der Waals surface area contributed by atoms with E-state index in [1.54, 1.807) is 6.92 Å². The van der Waals surface area contributed by atoms with Gasteiger partial charge in [-0.3, -0.25) is 9.78 Å². The Balaban J connectivity index is 3.07. The molecule has 0 saturated heterocycles. The molecule has 0 bridgehead atoms. The molecule has 94 valence electrons. The number of nitrogens with zero attached hydrogens (tertiary/aromatic N) is 1. The molecule has 0 aromatic carbocycles. The number of hydrogen-bond acceptors (Lipinski definition) is 4. The van der Waals surface area contributed by atoms with E-state index in [1.807, 2.05) is 0 Å². The number of ether oxygens (including phenoxy) is 1. The van der Waals surface area contributed by atoms with Gasteiger partial charge in [0.05, 0.1) is 24.3 Å². The normalized spacial score (nSPS) is 10.6. The van der Waals surface area contributed by atoms with Crippen LogP contribution < -0.4 is 0 Å². The Morgan fingerprint density at radius 2 is 2.24 bits per heavy atom. The molecule has 1 aromatic heterocycles. The summed E-state index contributed by atoms with van der Waals surface area (Å²) in [5.74, 6) is -1.19. The Kier molecular flexibility index (Phi) is 4.37. The molecule has 0 saturated carbocycles. The number of carbonyl (C=O) groups excluding carboxylic acids is 1. The number of aryl methyl sites for hydroxylation is 1. The molecular formula is C11H13F2NO3. The molecule has 1 aromatic rings. The maximum Gasteiger partial charge on any atom is 0.310 e. The number of aromatic hydroxyl groups is 1. The van der Waals surface area contributed by atoms with Crippen molar-refractivity contribution in [3.63, 3.8) is 0 Å². The van der Waals surface area contributed by atoms with E-state index in [0.29, 0.717) is 0 Å². The van der Waals surface area contributed by atoms with E-state index in [4.69, 9.17) is 0 Å². The Morgan fingerprint density at radius 3 is 2.76 bits per heavy atom. The van der Waals surface area contributed by atoms with Crippen molar-refractivity contribution < 1.29 is 23.4 Å². The minimum Gasteiger partial charge on any atom is -0.506 e. The van der Waals surface area contributed by atoms with Crippen LogP contribution in [0, 0.1) is 6.92 Å². The third kappa shape index (κ3) is 3.12. The molecule has 4 nitrogen and oxygen atoms in total. The fourth-order valence-corrected chi connectivity index (χ4v) is 1.40. The summed E-state index contributed by atoms with van der Waals surface area (Å²) in [5, 5.41) is 9.50. The lowest BCUT2D eigenvalue weighted by Crippen LogP contribution is -2.10. The summed E-state index contributed by atoms with van der Waals surface area (Å²) < 4.78 is 30.2. The molecule has 0 spiro atoms. The van der Waals surface area contributed by atoms with Crippen molar-refractivity contribution in [2.75, 3.05) is 6.61 Å². The van der Waals surface area contributed by atoms with Crippen LogP contribution in [0.3, 0.4) is 0 Å². The van der Waals surface area contributed by atoms with Gasteiger partial charge in [-0.05, 0) is 19.4 Å². The van der Waals surface area contributed by atoms with Crippen LogP contribution in [0.2, 0.25) is 0 Å². The van der Waals surface area contributed by atoms with Crippen molar-refractivity contribution in [2.24, 2.45) is 0 Å². The van der Waals surface area contributed by atoms with E-state index in [0.717, 1.165) is 6.20 Å². The van der Waals surface area contributed by atoms with Crippen LogP contribution in [0.25, 0.3) is 0 Å². The number of pyridine rings is 1. The molecule has 0 unspecified atom stereocenters. The topological polar surface area (TPSA) is 59.4 Å². The Bertz CT molecular complexity index is 421. The number of carbonyl (C=O) groups is 1. The highest BCUT2D eigenvalue weighted by Crippen LogP contribution is 2.33. The Morgan fingerprint density at radius 1 is 1.59 bits per heavy atom. The average molecular weight is 245 g/mol. The lowest BCUT2D eigenvalue weighted by molar-refractivity contribution is -0.142. The van der Waals surface area contributed by atoms with Gasteiger partial charge in [0.1, 0.15) is 5.75 Å². The molecule has 0 radical (unpaired) electrons. The maximum atomic E-state index is 12.8. The Hall–Kier alpha value is -1.72. The van der Waals surface area contributed by atoms with Gasteiger partial charge in [-0.2, -0.15) is 0 Å². The number of hydrogen-bond donors (Lipinski definition) is 1. The van der Waals surface area contributed by atoms with Crippen molar-refractivity contribution in [1.29, 1.82) is 0 Å². The maximum absolute atomic E-state index is 12.8. The lowest BCUT2D eigenvalue weighted by atomic mass is 10.1. The van der Waals surface area contributed by atoms with Gasteiger partial charge in [0.25, 0.3) is 6.43 Å². The third-order valence-electron chi connectivity index (χ3n) is 2.22. The monoisotopic (exact) mass is 245 g/mol. The van der Waals surface area contributed by atoms with E-state index in [-0.39, 0.29) is 24.3 Å². The predicted octanol–water partition coefficient (Wildman–Crippen LogP) is 2.14.